The number of rotatable bonds is 4. The molecule has 0 atom stereocenters. The molecule has 0 unspecified atom stereocenters. The maximum Gasteiger partial charge on any atom is 0.344 e. The highest BCUT2D eigenvalue weighted by Gasteiger charge is 2.20. The van der Waals surface area contributed by atoms with Crippen LogP contribution in [0.5, 0.6) is 5.75 Å². The van der Waals surface area contributed by atoms with Gasteiger partial charge in [-0.05, 0) is 30.7 Å². The molecule has 0 heterocycles. The molecule has 0 N–H and O–H groups in total. The van der Waals surface area contributed by atoms with Gasteiger partial charge in [-0.3, -0.25) is 4.79 Å². The Bertz CT molecular complexity index is 933. The first-order chi connectivity index (χ1) is 12.1. The molecule has 0 saturated heterocycles. The minimum atomic E-state index is -0.618. The van der Waals surface area contributed by atoms with E-state index in [9.17, 15) is 9.59 Å². The molecule has 3 aromatic carbocycles. The van der Waals surface area contributed by atoms with Gasteiger partial charge in [0.25, 0.3) is 0 Å². The van der Waals surface area contributed by atoms with E-state index < -0.39 is 5.97 Å². The summed E-state index contributed by atoms with van der Waals surface area (Å²) >= 11 is 6.08. The fraction of sp³-hybridized carbons (Fsp3) is 0.0476. The summed E-state index contributed by atoms with van der Waals surface area (Å²) in [6.07, 6.45) is 0. The van der Waals surface area contributed by atoms with Crippen molar-refractivity contribution in [2.45, 2.75) is 6.92 Å². The molecular formula is C21H15ClO3. The first-order valence-corrected chi connectivity index (χ1v) is 8.11. The van der Waals surface area contributed by atoms with E-state index in [1.807, 2.05) is 19.1 Å². The Morgan fingerprint density at radius 2 is 1.48 bits per heavy atom. The van der Waals surface area contributed by atoms with Gasteiger partial charge in [0.15, 0.2) is 5.78 Å². The second kappa shape index (κ2) is 7.32. The third-order valence-corrected chi connectivity index (χ3v) is 4.03. The number of esters is 1. The van der Waals surface area contributed by atoms with Crippen LogP contribution in [0.4, 0.5) is 0 Å². The van der Waals surface area contributed by atoms with Gasteiger partial charge in [0.05, 0.1) is 10.6 Å². The van der Waals surface area contributed by atoms with Crippen LogP contribution in [0.3, 0.4) is 0 Å². The lowest BCUT2D eigenvalue weighted by Crippen LogP contribution is -2.15. The van der Waals surface area contributed by atoms with Gasteiger partial charge in [0, 0.05) is 11.1 Å². The topological polar surface area (TPSA) is 43.4 Å². The van der Waals surface area contributed by atoms with Gasteiger partial charge in [-0.15, -0.1) is 0 Å². The number of hydrogen-bond acceptors (Lipinski definition) is 3. The molecule has 25 heavy (non-hydrogen) atoms. The van der Waals surface area contributed by atoms with Crippen molar-refractivity contribution in [2.75, 3.05) is 0 Å². The number of aryl methyl sites for hydroxylation is 1. The lowest BCUT2D eigenvalue weighted by molar-refractivity contribution is 0.0730. The second-order valence-electron chi connectivity index (χ2n) is 5.56. The van der Waals surface area contributed by atoms with Gasteiger partial charge in [0.2, 0.25) is 0 Å². The van der Waals surface area contributed by atoms with Gasteiger partial charge in [-0.25, -0.2) is 4.79 Å². The summed E-state index contributed by atoms with van der Waals surface area (Å²) in [6.45, 7) is 1.88. The highest BCUT2D eigenvalue weighted by atomic mass is 35.5. The zero-order chi connectivity index (χ0) is 17.8. The van der Waals surface area contributed by atoms with E-state index in [1.54, 1.807) is 60.7 Å². The van der Waals surface area contributed by atoms with Crippen molar-refractivity contribution in [3.05, 3.63) is 100 Å². The number of hydrogen-bond donors (Lipinski definition) is 0. The van der Waals surface area contributed by atoms with E-state index in [-0.39, 0.29) is 17.1 Å². The molecule has 3 aromatic rings. The summed E-state index contributed by atoms with van der Waals surface area (Å²) < 4.78 is 5.42. The van der Waals surface area contributed by atoms with Crippen LogP contribution in [0.1, 0.15) is 31.8 Å². The Morgan fingerprint density at radius 1 is 0.840 bits per heavy atom. The van der Waals surface area contributed by atoms with Crippen LogP contribution in [0.2, 0.25) is 5.02 Å². The molecule has 3 nitrogen and oxygen atoms in total. The molecule has 3 rings (SSSR count). The predicted octanol–water partition coefficient (Wildman–Crippen LogP) is 5.10. The summed E-state index contributed by atoms with van der Waals surface area (Å²) in [6, 6.07) is 20.6. The monoisotopic (exact) mass is 350 g/mol. The van der Waals surface area contributed by atoms with Crippen molar-refractivity contribution < 1.29 is 14.3 Å². The maximum atomic E-state index is 12.7. The van der Waals surface area contributed by atoms with E-state index in [4.69, 9.17) is 16.3 Å². The largest absolute Gasteiger partial charge is 0.421 e. The lowest BCUT2D eigenvalue weighted by atomic mass is 9.98. The number of carbonyl (C=O) groups excluding carboxylic acids is 2. The van der Waals surface area contributed by atoms with Gasteiger partial charge in [0.1, 0.15) is 5.75 Å². The molecule has 0 aliphatic heterocycles. The Balaban J connectivity index is 1.94. The number of carbonyl (C=O) groups is 2. The molecule has 0 saturated carbocycles. The Kier molecular flexibility index (Phi) is 4.96. The van der Waals surface area contributed by atoms with Crippen LogP contribution in [0.25, 0.3) is 0 Å². The lowest BCUT2D eigenvalue weighted by Gasteiger charge is -2.10. The fourth-order valence-electron chi connectivity index (χ4n) is 2.45. The molecule has 0 amide bonds. The van der Waals surface area contributed by atoms with Crippen LogP contribution in [0.15, 0.2) is 72.8 Å². The summed E-state index contributed by atoms with van der Waals surface area (Å²) in [5.41, 5.74) is 1.92. The summed E-state index contributed by atoms with van der Waals surface area (Å²) in [7, 11) is 0. The average molecular weight is 351 g/mol. The van der Waals surface area contributed by atoms with E-state index in [1.165, 1.54) is 0 Å². The van der Waals surface area contributed by atoms with Crippen molar-refractivity contribution in [3.8, 4) is 5.75 Å². The maximum absolute atomic E-state index is 12.7. The highest BCUT2D eigenvalue weighted by molar-refractivity contribution is 6.32. The number of ether oxygens (including phenoxy) is 1. The SMILES string of the molecule is Cc1ccc(Cl)c(OC(=O)c2ccccc2C(=O)c2ccccc2)c1. The number of halogens is 1. The van der Waals surface area contributed by atoms with Gasteiger partial charge >= 0.3 is 5.97 Å². The van der Waals surface area contributed by atoms with Crippen molar-refractivity contribution in [1.29, 1.82) is 0 Å². The van der Waals surface area contributed by atoms with E-state index in [0.29, 0.717) is 16.1 Å². The van der Waals surface area contributed by atoms with Crippen LogP contribution in [-0.4, -0.2) is 11.8 Å². The van der Waals surface area contributed by atoms with Crippen molar-refractivity contribution in [2.24, 2.45) is 0 Å². The number of ketones is 1. The van der Waals surface area contributed by atoms with E-state index >= 15 is 0 Å². The van der Waals surface area contributed by atoms with Crippen LogP contribution < -0.4 is 4.74 Å². The minimum absolute atomic E-state index is 0.203. The van der Waals surface area contributed by atoms with Crippen molar-refractivity contribution in [3.63, 3.8) is 0 Å². The molecule has 0 aliphatic rings. The molecule has 0 bridgehead atoms. The standard InChI is InChI=1S/C21H15ClO3/c1-14-11-12-18(22)19(13-14)25-21(24)17-10-6-5-9-16(17)20(23)15-7-3-2-4-8-15/h2-13H,1H3. The summed E-state index contributed by atoms with van der Waals surface area (Å²) in [4.78, 5) is 25.3. The molecule has 0 fully saturated rings. The third-order valence-electron chi connectivity index (χ3n) is 3.72. The van der Waals surface area contributed by atoms with Crippen molar-refractivity contribution in [1.82, 2.24) is 0 Å². The van der Waals surface area contributed by atoms with Gasteiger partial charge in [-0.2, -0.15) is 0 Å². The van der Waals surface area contributed by atoms with Crippen molar-refractivity contribution >= 4 is 23.4 Å². The zero-order valence-electron chi connectivity index (χ0n) is 13.5. The molecular weight excluding hydrogens is 336 g/mol. The molecule has 0 aliphatic carbocycles. The summed E-state index contributed by atoms with van der Waals surface area (Å²) in [5, 5.41) is 0.339. The fourth-order valence-corrected chi connectivity index (χ4v) is 2.60. The third kappa shape index (κ3) is 3.78. The first-order valence-electron chi connectivity index (χ1n) is 7.73. The highest BCUT2D eigenvalue weighted by Crippen LogP contribution is 2.27. The number of benzene rings is 3. The van der Waals surface area contributed by atoms with Gasteiger partial charge < -0.3 is 4.74 Å². The molecule has 0 spiro atoms. The molecule has 124 valence electrons. The Labute approximate surface area is 150 Å². The zero-order valence-corrected chi connectivity index (χ0v) is 14.3. The van der Waals surface area contributed by atoms with E-state index in [2.05, 4.69) is 0 Å². The minimum Gasteiger partial charge on any atom is -0.421 e. The average Bonchev–Trinajstić information content (AvgIpc) is 2.65. The molecule has 4 heteroatoms. The van der Waals surface area contributed by atoms with E-state index in [0.717, 1.165) is 5.56 Å². The Morgan fingerprint density at radius 3 is 2.20 bits per heavy atom. The quantitative estimate of drug-likeness (QED) is 0.373. The van der Waals surface area contributed by atoms with Crippen LogP contribution >= 0.6 is 11.6 Å². The molecule has 0 aromatic heterocycles. The van der Waals surface area contributed by atoms with Crippen LogP contribution in [0, 0.1) is 6.92 Å². The first kappa shape index (κ1) is 16.9. The summed E-state index contributed by atoms with van der Waals surface area (Å²) in [5.74, 6) is -0.579. The smallest absolute Gasteiger partial charge is 0.344 e. The predicted molar refractivity (Wildman–Crippen MR) is 97.5 cm³/mol. The van der Waals surface area contributed by atoms with Gasteiger partial charge in [-0.1, -0.05) is 66.2 Å². The van der Waals surface area contributed by atoms with Crippen LogP contribution in [-0.2, 0) is 0 Å². The Hall–Kier alpha value is -2.91. The molecule has 0 radical (unpaired) electrons. The normalized spacial score (nSPS) is 10.3. The second-order valence-corrected chi connectivity index (χ2v) is 5.97.